The van der Waals surface area contributed by atoms with Crippen LogP contribution in [0.2, 0.25) is 0 Å². The quantitative estimate of drug-likeness (QED) is 0.375. The second-order valence-corrected chi connectivity index (χ2v) is 7.73. The SMILES string of the molecule is CCCCCCCCCCCCCC(=O)C1=C(c2ccccc2)C(C)ON1. The van der Waals surface area contributed by atoms with Gasteiger partial charge < -0.3 is 0 Å². The third-order valence-corrected chi connectivity index (χ3v) is 5.38. The third kappa shape index (κ3) is 7.50. The fraction of sp³-hybridized carbons (Fsp3) is 0.625. The van der Waals surface area contributed by atoms with Crippen molar-refractivity contribution >= 4 is 11.4 Å². The summed E-state index contributed by atoms with van der Waals surface area (Å²) < 4.78 is 0. The summed E-state index contributed by atoms with van der Waals surface area (Å²) in [6.07, 6.45) is 14.8. The van der Waals surface area contributed by atoms with Crippen LogP contribution in [0.1, 0.15) is 96.5 Å². The van der Waals surface area contributed by atoms with Crippen LogP contribution in [0.4, 0.5) is 0 Å². The van der Waals surface area contributed by atoms with Crippen molar-refractivity contribution in [2.75, 3.05) is 0 Å². The molecule has 0 saturated heterocycles. The molecule has 0 amide bonds. The number of carbonyl (C=O) groups is 1. The van der Waals surface area contributed by atoms with Crippen molar-refractivity contribution < 1.29 is 9.63 Å². The molecule has 2 rings (SSSR count). The Morgan fingerprint density at radius 2 is 1.44 bits per heavy atom. The lowest BCUT2D eigenvalue weighted by Gasteiger charge is -2.08. The summed E-state index contributed by atoms with van der Waals surface area (Å²) in [4.78, 5) is 18.2. The molecule has 1 aliphatic heterocycles. The summed E-state index contributed by atoms with van der Waals surface area (Å²) >= 11 is 0. The van der Waals surface area contributed by atoms with Crippen molar-refractivity contribution in [2.45, 2.75) is 97.0 Å². The lowest BCUT2D eigenvalue weighted by molar-refractivity contribution is -0.117. The van der Waals surface area contributed by atoms with E-state index in [0.29, 0.717) is 12.1 Å². The van der Waals surface area contributed by atoms with Gasteiger partial charge in [0.1, 0.15) is 11.8 Å². The zero-order chi connectivity index (χ0) is 19.3. The molecule has 1 heterocycles. The van der Waals surface area contributed by atoms with Gasteiger partial charge in [0.05, 0.1) is 0 Å². The number of benzene rings is 1. The molecule has 0 radical (unpaired) electrons. The van der Waals surface area contributed by atoms with Crippen LogP contribution in [0, 0.1) is 0 Å². The molecule has 1 aromatic rings. The molecule has 0 spiro atoms. The van der Waals surface area contributed by atoms with Crippen molar-refractivity contribution in [3.8, 4) is 0 Å². The Morgan fingerprint density at radius 3 is 2.04 bits per heavy atom. The second-order valence-electron chi connectivity index (χ2n) is 7.73. The summed E-state index contributed by atoms with van der Waals surface area (Å²) in [5.41, 5.74) is 5.58. The maximum absolute atomic E-state index is 12.6. The summed E-state index contributed by atoms with van der Waals surface area (Å²) in [6.45, 7) is 4.25. The molecule has 1 aromatic carbocycles. The van der Waals surface area contributed by atoms with E-state index in [2.05, 4.69) is 12.4 Å². The number of allylic oxidation sites excluding steroid dienone is 1. The van der Waals surface area contributed by atoms with Crippen LogP contribution in [0.25, 0.3) is 5.57 Å². The maximum Gasteiger partial charge on any atom is 0.181 e. The number of ketones is 1. The van der Waals surface area contributed by atoms with Gasteiger partial charge in [0, 0.05) is 12.0 Å². The first-order valence-corrected chi connectivity index (χ1v) is 11.0. The minimum absolute atomic E-state index is 0.0938. The van der Waals surface area contributed by atoms with Crippen molar-refractivity contribution in [1.82, 2.24) is 5.48 Å². The summed E-state index contributed by atoms with van der Waals surface area (Å²) in [7, 11) is 0. The van der Waals surface area contributed by atoms with E-state index >= 15 is 0 Å². The van der Waals surface area contributed by atoms with Crippen LogP contribution in [-0.2, 0) is 9.63 Å². The van der Waals surface area contributed by atoms with Crippen LogP contribution in [0.5, 0.6) is 0 Å². The van der Waals surface area contributed by atoms with Gasteiger partial charge in [-0.15, -0.1) is 0 Å². The zero-order valence-electron chi connectivity index (χ0n) is 17.3. The lowest BCUT2D eigenvalue weighted by Crippen LogP contribution is -2.15. The molecule has 3 heteroatoms. The van der Waals surface area contributed by atoms with Gasteiger partial charge in [0.2, 0.25) is 0 Å². The minimum atomic E-state index is -0.0938. The van der Waals surface area contributed by atoms with Gasteiger partial charge in [0.25, 0.3) is 0 Å². The predicted molar refractivity (Wildman–Crippen MR) is 113 cm³/mol. The highest BCUT2D eigenvalue weighted by Gasteiger charge is 2.28. The fourth-order valence-electron chi connectivity index (χ4n) is 3.74. The predicted octanol–water partition coefficient (Wildman–Crippen LogP) is 6.59. The Balaban J connectivity index is 1.63. The van der Waals surface area contributed by atoms with E-state index < -0.39 is 0 Å². The number of rotatable bonds is 14. The molecule has 150 valence electrons. The van der Waals surface area contributed by atoms with E-state index in [1.54, 1.807) is 0 Å². The summed E-state index contributed by atoms with van der Waals surface area (Å²) in [6, 6.07) is 10.1. The molecule has 1 atom stereocenters. The monoisotopic (exact) mass is 371 g/mol. The normalized spacial score (nSPS) is 16.6. The first-order valence-electron chi connectivity index (χ1n) is 11.0. The van der Waals surface area contributed by atoms with E-state index in [0.717, 1.165) is 24.0 Å². The molecular weight excluding hydrogens is 334 g/mol. The van der Waals surface area contributed by atoms with Gasteiger partial charge in [-0.25, -0.2) is 0 Å². The largest absolute Gasteiger partial charge is 0.292 e. The number of hydrogen-bond acceptors (Lipinski definition) is 3. The highest BCUT2D eigenvalue weighted by Crippen LogP contribution is 2.29. The van der Waals surface area contributed by atoms with Crippen molar-refractivity contribution in [3.63, 3.8) is 0 Å². The lowest BCUT2D eigenvalue weighted by atomic mass is 9.96. The van der Waals surface area contributed by atoms with E-state index in [9.17, 15) is 4.79 Å². The number of carbonyl (C=O) groups excluding carboxylic acids is 1. The fourth-order valence-corrected chi connectivity index (χ4v) is 3.74. The Labute approximate surface area is 165 Å². The molecule has 1 unspecified atom stereocenters. The van der Waals surface area contributed by atoms with Gasteiger partial charge in [-0.1, -0.05) is 101 Å². The van der Waals surface area contributed by atoms with Crippen molar-refractivity contribution in [3.05, 3.63) is 41.6 Å². The number of hydrogen-bond donors (Lipinski definition) is 1. The van der Waals surface area contributed by atoms with E-state index in [1.165, 1.54) is 57.8 Å². The van der Waals surface area contributed by atoms with Gasteiger partial charge in [-0.3, -0.25) is 15.1 Å². The Bertz CT molecular complexity index is 579. The van der Waals surface area contributed by atoms with Crippen molar-refractivity contribution in [1.29, 1.82) is 0 Å². The van der Waals surface area contributed by atoms with Crippen LogP contribution in [-0.4, -0.2) is 11.9 Å². The molecule has 3 nitrogen and oxygen atoms in total. The third-order valence-electron chi connectivity index (χ3n) is 5.38. The van der Waals surface area contributed by atoms with Crippen LogP contribution in [0.15, 0.2) is 36.0 Å². The van der Waals surface area contributed by atoms with Gasteiger partial charge in [-0.2, -0.15) is 0 Å². The zero-order valence-corrected chi connectivity index (χ0v) is 17.3. The molecule has 1 N–H and O–H groups in total. The Kier molecular flexibility index (Phi) is 10.2. The molecule has 0 aromatic heterocycles. The molecule has 27 heavy (non-hydrogen) atoms. The molecule has 1 aliphatic rings. The Morgan fingerprint density at radius 1 is 0.889 bits per heavy atom. The van der Waals surface area contributed by atoms with E-state index in [-0.39, 0.29) is 11.9 Å². The summed E-state index contributed by atoms with van der Waals surface area (Å²) in [5.74, 6) is 0.175. The first kappa shape index (κ1) is 21.7. The van der Waals surface area contributed by atoms with Crippen LogP contribution < -0.4 is 5.48 Å². The van der Waals surface area contributed by atoms with Crippen LogP contribution >= 0.6 is 0 Å². The smallest absolute Gasteiger partial charge is 0.181 e. The van der Waals surface area contributed by atoms with Gasteiger partial charge >= 0.3 is 0 Å². The molecular formula is C24H37NO2. The second kappa shape index (κ2) is 12.7. The number of Topliss-reactive ketones (excluding diaryl/α,β-unsaturated/α-hetero) is 1. The average Bonchev–Trinajstić information content (AvgIpc) is 3.08. The average molecular weight is 372 g/mol. The number of nitrogens with one attached hydrogen (secondary N) is 1. The number of hydroxylamine groups is 1. The Hall–Kier alpha value is -1.61. The first-order chi connectivity index (χ1) is 13.2. The van der Waals surface area contributed by atoms with E-state index in [1.807, 2.05) is 37.3 Å². The summed E-state index contributed by atoms with van der Waals surface area (Å²) in [5, 5.41) is 0. The van der Waals surface area contributed by atoms with E-state index in [4.69, 9.17) is 4.84 Å². The molecule has 0 aliphatic carbocycles. The van der Waals surface area contributed by atoms with Gasteiger partial charge in [-0.05, 0) is 18.9 Å². The number of unbranched alkanes of at least 4 members (excludes halogenated alkanes) is 10. The van der Waals surface area contributed by atoms with Gasteiger partial charge in [0.15, 0.2) is 5.78 Å². The van der Waals surface area contributed by atoms with Crippen LogP contribution in [0.3, 0.4) is 0 Å². The molecule has 0 saturated carbocycles. The molecule has 0 bridgehead atoms. The minimum Gasteiger partial charge on any atom is -0.292 e. The standard InChI is InChI=1S/C24H37NO2/c1-3-4-5-6-7-8-9-10-11-12-16-19-22(26)24-23(20(2)27-25-24)21-17-14-13-15-18-21/h13-15,17-18,20,25H,3-12,16,19H2,1-2H3. The topological polar surface area (TPSA) is 38.3 Å². The highest BCUT2D eigenvalue weighted by atomic mass is 16.7. The molecule has 0 fully saturated rings. The van der Waals surface area contributed by atoms with Crippen molar-refractivity contribution in [2.24, 2.45) is 0 Å². The maximum atomic E-state index is 12.6. The highest BCUT2D eigenvalue weighted by molar-refractivity contribution is 6.03.